The van der Waals surface area contributed by atoms with Crippen molar-refractivity contribution in [1.29, 1.82) is 0 Å². The van der Waals surface area contributed by atoms with Gasteiger partial charge in [0.05, 0.1) is 10.2 Å². The molecule has 0 unspecified atom stereocenters. The van der Waals surface area contributed by atoms with Gasteiger partial charge in [0.1, 0.15) is 5.75 Å². The van der Waals surface area contributed by atoms with Gasteiger partial charge in [0, 0.05) is 29.6 Å². The van der Waals surface area contributed by atoms with E-state index >= 15 is 0 Å². The van der Waals surface area contributed by atoms with Gasteiger partial charge in [0.25, 0.3) is 5.91 Å². The molecule has 1 heterocycles. The molecule has 5 nitrogen and oxygen atoms in total. The number of ether oxygens (including phenoxy) is 1. The summed E-state index contributed by atoms with van der Waals surface area (Å²) < 4.78 is 42.0. The fourth-order valence-electron chi connectivity index (χ4n) is 2.70. The third kappa shape index (κ3) is 6.73. The van der Waals surface area contributed by atoms with Crippen molar-refractivity contribution in [2.75, 3.05) is 38.3 Å². The van der Waals surface area contributed by atoms with E-state index in [0.29, 0.717) is 34.0 Å². The molecule has 168 valence electrons. The maximum atomic E-state index is 13.2. The number of fused-ring (bicyclic) bond motifs is 1. The number of aromatic nitrogens is 1. The molecule has 11 heteroatoms. The number of benzene rings is 2. The van der Waals surface area contributed by atoms with Crippen LogP contribution in [0.5, 0.6) is 5.75 Å². The lowest BCUT2D eigenvalue weighted by atomic mass is 10.2. The molecule has 0 saturated carbocycles. The van der Waals surface area contributed by atoms with Crippen molar-refractivity contribution in [3.05, 3.63) is 48.0 Å². The largest absolute Gasteiger partial charge is 0.573 e. The third-order valence-corrected chi connectivity index (χ3v) is 5.91. The zero-order chi connectivity index (χ0) is 21.9. The van der Waals surface area contributed by atoms with Gasteiger partial charge < -0.3 is 9.64 Å². The van der Waals surface area contributed by atoms with Crippen LogP contribution in [0.3, 0.4) is 0 Å². The maximum Gasteiger partial charge on any atom is 0.573 e. The Balaban J connectivity index is 0.00000341. The van der Waals surface area contributed by atoms with Crippen LogP contribution in [-0.2, 0) is 0 Å². The van der Waals surface area contributed by atoms with Crippen LogP contribution in [-0.4, -0.2) is 55.6 Å². The van der Waals surface area contributed by atoms with Gasteiger partial charge in [-0.15, -0.1) is 37.3 Å². The number of thiazole rings is 1. The lowest BCUT2D eigenvalue weighted by Gasteiger charge is -2.22. The molecule has 1 amide bonds. The molecule has 31 heavy (non-hydrogen) atoms. The standard InChI is InChI=1S/C20H20F3N3O2S2.ClH/c1-25(2)9-10-26(18(27)13-5-4-6-15(11-13)29-3)19-24-16-8-7-14(12-17(16)30-19)28-20(21,22)23;/h4-8,11-12H,9-10H2,1-3H3;1H. The Morgan fingerprint density at radius 1 is 1.16 bits per heavy atom. The first-order valence-corrected chi connectivity index (χ1v) is 11.0. The first kappa shape index (κ1) is 25.3. The normalized spacial score (nSPS) is 11.5. The molecule has 0 bridgehead atoms. The first-order chi connectivity index (χ1) is 14.2. The molecule has 0 spiro atoms. The Hall–Kier alpha value is -2.01. The molecule has 0 aliphatic heterocycles. The Labute approximate surface area is 192 Å². The molecule has 0 N–H and O–H groups in total. The van der Waals surface area contributed by atoms with Gasteiger partial charge in [-0.1, -0.05) is 17.4 Å². The van der Waals surface area contributed by atoms with Gasteiger partial charge in [-0.3, -0.25) is 9.69 Å². The maximum absolute atomic E-state index is 13.2. The SMILES string of the molecule is CSc1cccc(C(=O)N(CCN(C)C)c2nc3ccc(OC(F)(F)F)cc3s2)c1.Cl. The second kappa shape index (κ2) is 10.5. The van der Waals surface area contributed by atoms with Crippen molar-refractivity contribution in [3.8, 4) is 5.75 Å². The van der Waals surface area contributed by atoms with E-state index in [4.69, 9.17) is 0 Å². The number of anilines is 1. The summed E-state index contributed by atoms with van der Waals surface area (Å²) in [6.45, 7) is 0.993. The molecule has 0 radical (unpaired) electrons. The number of nitrogens with zero attached hydrogens (tertiary/aromatic N) is 3. The lowest BCUT2D eigenvalue weighted by Crippen LogP contribution is -2.36. The first-order valence-electron chi connectivity index (χ1n) is 8.93. The van der Waals surface area contributed by atoms with Gasteiger partial charge in [0.2, 0.25) is 0 Å². The zero-order valence-corrected chi connectivity index (χ0v) is 19.4. The summed E-state index contributed by atoms with van der Waals surface area (Å²) in [5.74, 6) is -0.525. The van der Waals surface area contributed by atoms with Gasteiger partial charge in [-0.05, 0) is 50.7 Å². The fourth-order valence-corrected chi connectivity index (χ4v) is 4.18. The molecule has 0 saturated heterocycles. The number of thioether (sulfide) groups is 1. The van der Waals surface area contributed by atoms with E-state index in [1.54, 1.807) is 11.0 Å². The number of hydrogen-bond donors (Lipinski definition) is 0. The molecule has 0 fully saturated rings. The average Bonchev–Trinajstić information content (AvgIpc) is 3.09. The number of alkyl halides is 3. The summed E-state index contributed by atoms with van der Waals surface area (Å²) in [4.78, 5) is 22.2. The van der Waals surface area contributed by atoms with E-state index in [9.17, 15) is 18.0 Å². The van der Waals surface area contributed by atoms with Crippen LogP contribution in [0.2, 0.25) is 0 Å². The van der Waals surface area contributed by atoms with Crippen LogP contribution in [0.4, 0.5) is 18.3 Å². The lowest BCUT2D eigenvalue weighted by molar-refractivity contribution is -0.274. The number of carbonyl (C=O) groups is 1. The van der Waals surface area contributed by atoms with Gasteiger partial charge in [0.15, 0.2) is 5.13 Å². The van der Waals surface area contributed by atoms with Crippen molar-refractivity contribution in [2.24, 2.45) is 0 Å². The molecular formula is C20H21ClF3N3O2S2. The zero-order valence-electron chi connectivity index (χ0n) is 17.0. The summed E-state index contributed by atoms with van der Waals surface area (Å²) in [6, 6.07) is 11.3. The van der Waals surface area contributed by atoms with E-state index in [0.717, 1.165) is 16.2 Å². The Morgan fingerprint density at radius 3 is 2.55 bits per heavy atom. The summed E-state index contributed by atoms with van der Waals surface area (Å²) in [6.07, 6.45) is -2.83. The summed E-state index contributed by atoms with van der Waals surface area (Å²) in [7, 11) is 3.80. The van der Waals surface area contributed by atoms with E-state index in [2.05, 4.69) is 9.72 Å². The van der Waals surface area contributed by atoms with Crippen LogP contribution in [0.15, 0.2) is 47.4 Å². The summed E-state index contributed by atoms with van der Waals surface area (Å²) >= 11 is 2.69. The second-order valence-electron chi connectivity index (χ2n) is 6.67. The van der Waals surface area contributed by atoms with Crippen molar-refractivity contribution >= 4 is 56.8 Å². The molecule has 0 aliphatic carbocycles. The van der Waals surface area contributed by atoms with Crippen LogP contribution in [0.1, 0.15) is 10.4 Å². The van der Waals surface area contributed by atoms with Crippen molar-refractivity contribution in [3.63, 3.8) is 0 Å². The van der Waals surface area contributed by atoms with Crippen molar-refractivity contribution in [2.45, 2.75) is 11.3 Å². The number of carbonyl (C=O) groups excluding carboxylic acids is 1. The van der Waals surface area contributed by atoms with Gasteiger partial charge in [-0.25, -0.2) is 4.98 Å². The summed E-state index contributed by atoms with van der Waals surface area (Å²) in [5, 5.41) is 0.426. The van der Waals surface area contributed by atoms with Gasteiger partial charge in [-0.2, -0.15) is 0 Å². The highest BCUT2D eigenvalue weighted by Gasteiger charge is 2.31. The highest BCUT2D eigenvalue weighted by atomic mass is 35.5. The minimum atomic E-state index is -4.77. The molecule has 1 aromatic heterocycles. The van der Waals surface area contributed by atoms with Gasteiger partial charge >= 0.3 is 6.36 Å². The van der Waals surface area contributed by atoms with Crippen molar-refractivity contribution < 1.29 is 22.7 Å². The molecule has 0 atom stereocenters. The highest BCUT2D eigenvalue weighted by Crippen LogP contribution is 2.34. The quantitative estimate of drug-likeness (QED) is 0.406. The molecule has 3 rings (SSSR count). The average molecular weight is 492 g/mol. The second-order valence-corrected chi connectivity index (χ2v) is 8.55. The van der Waals surface area contributed by atoms with Crippen LogP contribution < -0.4 is 9.64 Å². The Morgan fingerprint density at radius 2 is 1.90 bits per heavy atom. The minimum absolute atomic E-state index is 0. The fraction of sp³-hybridized carbons (Fsp3) is 0.300. The number of likely N-dealkylation sites (N-methyl/N-ethyl adjacent to an activating group) is 1. The molecule has 0 aliphatic rings. The number of amides is 1. The Kier molecular flexibility index (Phi) is 8.58. The van der Waals surface area contributed by atoms with Crippen LogP contribution >= 0.6 is 35.5 Å². The topological polar surface area (TPSA) is 45.7 Å². The molecule has 3 aromatic rings. The predicted molar refractivity (Wildman–Crippen MR) is 122 cm³/mol. The minimum Gasteiger partial charge on any atom is -0.406 e. The van der Waals surface area contributed by atoms with E-state index < -0.39 is 6.36 Å². The van der Waals surface area contributed by atoms with Crippen molar-refractivity contribution in [1.82, 2.24) is 9.88 Å². The predicted octanol–water partition coefficient (Wildman–Crippen LogP) is 5.55. The third-order valence-electron chi connectivity index (χ3n) is 4.15. The summed E-state index contributed by atoms with van der Waals surface area (Å²) in [5.41, 5.74) is 1.03. The van der Waals surface area contributed by atoms with E-state index in [1.165, 1.54) is 30.0 Å². The van der Waals surface area contributed by atoms with E-state index in [-0.39, 0.29) is 24.1 Å². The monoisotopic (exact) mass is 491 g/mol. The van der Waals surface area contributed by atoms with E-state index in [1.807, 2.05) is 43.5 Å². The molecular weight excluding hydrogens is 471 g/mol. The smallest absolute Gasteiger partial charge is 0.406 e. The Bertz CT molecular complexity index is 1040. The number of hydrogen-bond acceptors (Lipinski definition) is 6. The molecule has 2 aromatic carbocycles. The van der Waals surface area contributed by atoms with Crippen LogP contribution in [0, 0.1) is 0 Å². The van der Waals surface area contributed by atoms with Crippen LogP contribution in [0.25, 0.3) is 10.2 Å². The number of rotatable bonds is 7. The highest BCUT2D eigenvalue weighted by molar-refractivity contribution is 7.98. The number of halogens is 4.